The van der Waals surface area contributed by atoms with Crippen molar-refractivity contribution in [1.29, 1.82) is 0 Å². The fraction of sp³-hybridized carbons (Fsp3) is 0.929. The summed E-state index contributed by atoms with van der Waals surface area (Å²) in [4.78, 5) is 0. The van der Waals surface area contributed by atoms with Crippen LogP contribution in [0.5, 0.6) is 0 Å². The molecule has 16 heavy (non-hydrogen) atoms. The molecule has 0 rings (SSSR count). The van der Waals surface area contributed by atoms with Crippen molar-refractivity contribution in [3.8, 4) is 0 Å². The Bertz CT molecular complexity index is 113. The van der Waals surface area contributed by atoms with Crippen molar-refractivity contribution in [2.45, 2.75) is 73.3 Å². The van der Waals surface area contributed by atoms with Gasteiger partial charge in [-0.1, -0.05) is 47.5 Å². The van der Waals surface area contributed by atoms with E-state index in [4.69, 9.17) is 5.11 Å². The molecule has 0 unspecified atom stereocenters. The first kappa shape index (κ1) is 22.3. The predicted octanol–water partition coefficient (Wildman–Crippen LogP) is 4.45. The molecule has 97 valence electrons. The molecule has 1 nitrogen and oxygen atoms in total. The minimum atomic E-state index is -0.0741. The summed E-state index contributed by atoms with van der Waals surface area (Å²) >= 11 is 0. The maximum absolute atomic E-state index is 9.03. The molecule has 0 bridgehead atoms. The Hall–Kier alpha value is 1.06. The van der Waals surface area contributed by atoms with Gasteiger partial charge in [0.2, 0.25) is 0 Å². The van der Waals surface area contributed by atoms with E-state index >= 15 is 0 Å². The van der Waals surface area contributed by atoms with Gasteiger partial charge in [0.15, 0.2) is 0 Å². The van der Waals surface area contributed by atoms with Crippen molar-refractivity contribution in [2.75, 3.05) is 0 Å². The molecule has 0 aromatic heterocycles. The van der Waals surface area contributed by atoms with Crippen LogP contribution in [0, 0.1) is 18.3 Å². The summed E-state index contributed by atoms with van der Waals surface area (Å²) in [6.07, 6.45) is 6.57. The van der Waals surface area contributed by atoms with Crippen LogP contribution >= 0.6 is 0 Å². The van der Waals surface area contributed by atoms with Gasteiger partial charge in [-0.2, -0.15) is 12.8 Å². The van der Waals surface area contributed by atoms with Gasteiger partial charge in [-0.25, -0.2) is 0 Å². The molecule has 0 aromatic carbocycles. The molecular formula is C14H31OY-. The normalized spacial score (nSPS) is 11.8. The van der Waals surface area contributed by atoms with E-state index in [1.165, 1.54) is 12.8 Å². The minimum absolute atomic E-state index is 0. The summed E-state index contributed by atoms with van der Waals surface area (Å²) in [6, 6.07) is 0. The van der Waals surface area contributed by atoms with Crippen molar-refractivity contribution in [3.63, 3.8) is 0 Å². The van der Waals surface area contributed by atoms with Crippen molar-refractivity contribution in [1.82, 2.24) is 0 Å². The number of hydrogen-bond acceptors (Lipinski definition) is 1. The molecule has 2 heteroatoms. The zero-order valence-electron chi connectivity index (χ0n) is 12.2. The molecule has 0 fully saturated rings. The third-order valence-electron chi connectivity index (χ3n) is 2.14. The fourth-order valence-corrected chi connectivity index (χ4v) is 1.21. The number of unbranched alkanes of at least 4 members (excludes halogenated alkanes) is 1. The van der Waals surface area contributed by atoms with Crippen LogP contribution in [0.25, 0.3) is 0 Å². The molecular weight excluding hydrogens is 273 g/mol. The van der Waals surface area contributed by atoms with Crippen LogP contribution in [0.1, 0.15) is 67.2 Å². The predicted molar refractivity (Wildman–Crippen MR) is 69.8 cm³/mol. The van der Waals surface area contributed by atoms with E-state index in [0.29, 0.717) is 5.92 Å². The van der Waals surface area contributed by atoms with Gasteiger partial charge < -0.3 is 11.5 Å². The third-order valence-corrected chi connectivity index (χ3v) is 2.14. The number of aliphatic hydroxyl groups is 1. The Labute approximate surface area is 129 Å². The maximum Gasteiger partial charge on any atom is 0.0540 e. The van der Waals surface area contributed by atoms with Gasteiger partial charge in [-0.05, 0) is 18.8 Å². The van der Waals surface area contributed by atoms with E-state index in [-0.39, 0.29) is 38.8 Å². The van der Waals surface area contributed by atoms with E-state index in [9.17, 15) is 0 Å². The van der Waals surface area contributed by atoms with Crippen molar-refractivity contribution >= 4 is 0 Å². The Balaban J connectivity index is -0.000000200. The van der Waals surface area contributed by atoms with Gasteiger partial charge in [0, 0.05) is 32.7 Å². The molecule has 0 amide bonds. The molecule has 0 aromatic rings. The van der Waals surface area contributed by atoms with Crippen LogP contribution in [-0.2, 0) is 32.7 Å². The molecule has 1 radical (unpaired) electrons. The van der Waals surface area contributed by atoms with Gasteiger partial charge in [0.1, 0.15) is 0 Å². The van der Waals surface area contributed by atoms with Crippen LogP contribution in [0.4, 0.5) is 0 Å². The quantitative estimate of drug-likeness (QED) is 0.719. The zero-order chi connectivity index (χ0) is 12.3. The minimum Gasteiger partial charge on any atom is -0.393 e. The molecule has 0 aliphatic rings. The summed E-state index contributed by atoms with van der Waals surface area (Å²) < 4.78 is 0. The molecule has 0 saturated carbocycles. The summed E-state index contributed by atoms with van der Waals surface area (Å²) in [5, 5.41) is 9.03. The van der Waals surface area contributed by atoms with Gasteiger partial charge >= 0.3 is 0 Å². The Morgan fingerprint density at radius 1 is 1.00 bits per heavy atom. The van der Waals surface area contributed by atoms with Crippen LogP contribution in [0.15, 0.2) is 0 Å². The van der Waals surface area contributed by atoms with Crippen molar-refractivity contribution < 1.29 is 37.8 Å². The summed E-state index contributed by atoms with van der Waals surface area (Å²) in [7, 11) is 0. The fourth-order valence-electron chi connectivity index (χ4n) is 1.21. The second-order valence-electron chi connectivity index (χ2n) is 5.02. The molecule has 0 spiro atoms. The number of aliphatic hydroxyl groups excluding tert-OH is 1. The van der Waals surface area contributed by atoms with E-state index in [0.717, 1.165) is 18.8 Å². The molecule has 1 N–H and O–H groups in total. The average molecular weight is 304 g/mol. The van der Waals surface area contributed by atoms with Crippen LogP contribution in [0.3, 0.4) is 0 Å². The summed E-state index contributed by atoms with van der Waals surface area (Å²) in [5.41, 5.74) is 0. The molecule has 0 saturated heterocycles. The molecule has 0 aliphatic heterocycles. The van der Waals surface area contributed by atoms with Gasteiger partial charge in [0.05, 0.1) is 6.10 Å². The molecule has 0 heterocycles. The summed E-state index contributed by atoms with van der Waals surface area (Å²) in [5.74, 6) is 1.48. The second kappa shape index (κ2) is 16.1. The second-order valence-corrected chi connectivity index (χ2v) is 5.02. The van der Waals surface area contributed by atoms with Crippen molar-refractivity contribution in [2.24, 2.45) is 11.8 Å². The SMILES string of the molecule is CC[C@@H](O)CC(C)C.CC[CH-]CC(C)C.[Y]. The van der Waals surface area contributed by atoms with E-state index < -0.39 is 0 Å². The van der Waals surface area contributed by atoms with E-state index in [2.05, 4.69) is 41.0 Å². The first-order valence-electron chi connectivity index (χ1n) is 6.43. The number of rotatable bonds is 6. The zero-order valence-corrected chi connectivity index (χ0v) is 15.0. The van der Waals surface area contributed by atoms with E-state index in [1.807, 2.05) is 6.92 Å². The standard InChI is InChI=1S/C7H16O.C7H15.Y/c1-4-7(8)5-6(2)3;1-4-5-6-7(2)3;/h6-8H,4-5H2,1-3H3;5,7H,4,6H2,1-3H3;/q;-1;/t7-;;/m1../s1. The maximum atomic E-state index is 9.03. The monoisotopic (exact) mass is 304 g/mol. The first-order valence-corrected chi connectivity index (χ1v) is 6.43. The van der Waals surface area contributed by atoms with Gasteiger partial charge in [-0.15, -0.1) is 0 Å². The van der Waals surface area contributed by atoms with Gasteiger partial charge in [0.25, 0.3) is 0 Å². The smallest absolute Gasteiger partial charge is 0.0540 e. The Morgan fingerprint density at radius 2 is 1.50 bits per heavy atom. The Morgan fingerprint density at radius 3 is 1.62 bits per heavy atom. The van der Waals surface area contributed by atoms with Gasteiger partial charge in [-0.3, -0.25) is 0 Å². The average Bonchev–Trinajstić information content (AvgIpc) is 2.14. The number of hydrogen-bond donors (Lipinski definition) is 1. The van der Waals surface area contributed by atoms with Crippen LogP contribution in [-0.4, -0.2) is 11.2 Å². The first-order chi connectivity index (χ1) is 6.93. The Kier molecular flexibility index (Phi) is 22.4. The van der Waals surface area contributed by atoms with Crippen LogP contribution in [0.2, 0.25) is 0 Å². The molecule has 1 atom stereocenters. The van der Waals surface area contributed by atoms with Crippen molar-refractivity contribution in [3.05, 3.63) is 6.42 Å². The van der Waals surface area contributed by atoms with Crippen LogP contribution < -0.4 is 0 Å². The summed E-state index contributed by atoms with van der Waals surface area (Å²) in [6.45, 7) is 12.9. The molecule has 0 aliphatic carbocycles. The van der Waals surface area contributed by atoms with E-state index in [1.54, 1.807) is 0 Å². The third kappa shape index (κ3) is 24.3. The topological polar surface area (TPSA) is 20.2 Å². The largest absolute Gasteiger partial charge is 0.393 e.